The maximum absolute atomic E-state index is 8.88. The zero-order chi connectivity index (χ0) is 16.2. The minimum Gasteiger partial charge on any atom is -0.192 e. The summed E-state index contributed by atoms with van der Waals surface area (Å²) in [7, 11) is 0. The molecule has 0 heterocycles. The van der Waals surface area contributed by atoms with Gasteiger partial charge in [-0.3, -0.25) is 0 Å². The molecule has 0 saturated heterocycles. The van der Waals surface area contributed by atoms with Crippen LogP contribution in [0.15, 0.2) is 60.7 Å². The van der Waals surface area contributed by atoms with E-state index < -0.39 is 0 Å². The van der Waals surface area contributed by atoms with Crippen LogP contribution in [0.25, 0.3) is 22.3 Å². The SMILES string of the molecule is N#Cc1ccc(-c2[c]c(Cl)cc(-c3ccc(C#N)cc3)c2)cc1. The molecule has 0 fully saturated rings. The Morgan fingerprint density at radius 1 is 0.696 bits per heavy atom. The first-order valence-corrected chi connectivity index (χ1v) is 7.31. The van der Waals surface area contributed by atoms with Crippen molar-refractivity contribution in [2.75, 3.05) is 0 Å². The van der Waals surface area contributed by atoms with Crippen molar-refractivity contribution in [3.8, 4) is 34.4 Å². The summed E-state index contributed by atoms with van der Waals surface area (Å²) in [5.74, 6) is 0. The Morgan fingerprint density at radius 2 is 1.22 bits per heavy atom. The molecular formula is C20H10ClN2. The Balaban J connectivity index is 2.04. The molecule has 0 atom stereocenters. The molecule has 0 bridgehead atoms. The highest BCUT2D eigenvalue weighted by atomic mass is 35.5. The lowest BCUT2D eigenvalue weighted by atomic mass is 9.98. The fourth-order valence-electron chi connectivity index (χ4n) is 2.32. The lowest BCUT2D eigenvalue weighted by Crippen LogP contribution is -1.84. The van der Waals surface area contributed by atoms with E-state index in [0.717, 1.165) is 22.3 Å². The summed E-state index contributed by atoms with van der Waals surface area (Å²) < 4.78 is 0. The Bertz CT molecular complexity index is 852. The van der Waals surface area contributed by atoms with Gasteiger partial charge in [-0.25, -0.2) is 0 Å². The molecule has 3 aromatic carbocycles. The number of halogens is 1. The van der Waals surface area contributed by atoms with Gasteiger partial charge < -0.3 is 0 Å². The molecule has 0 N–H and O–H groups in total. The van der Waals surface area contributed by atoms with E-state index in [-0.39, 0.29) is 0 Å². The number of hydrogen-bond acceptors (Lipinski definition) is 2. The van der Waals surface area contributed by atoms with Crippen molar-refractivity contribution in [3.05, 3.63) is 82.9 Å². The Hall–Kier alpha value is -3.07. The summed E-state index contributed by atoms with van der Waals surface area (Å²) >= 11 is 6.21. The van der Waals surface area contributed by atoms with Gasteiger partial charge in [-0.15, -0.1) is 0 Å². The van der Waals surface area contributed by atoms with Crippen LogP contribution in [0.5, 0.6) is 0 Å². The summed E-state index contributed by atoms with van der Waals surface area (Å²) in [6, 6.07) is 25.8. The Morgan fingerprint density at radius 3 is 1.74 bits per heavy atom. The van der Waals surface area contributed by atoms with Crippen molar-refractivity contribution in [1.29, 1.82) is 10.5 Å². The van der Waals surface area contributed by atoms with Crippen LogP contribution in [0.4, 0.5) is 0 Å². The molecule has 0 spiro atoms. The fraction of sp³-hybridized carbons (Fsp3) is 0. The second-order valence-electron chi connectivity index (χ2n) is 5.01. The first kappa shape index (κ1) is 14.9. The molecule has 0 aliphatic heterocycles. The van der Waals surface area contributed by atoms with E-state index in [9.17, 15) is 0 Å². The second-order valence-corrected chi connectivity index (χ2v) is 5.42. The van der Waals surface area contributed by atoms with E-state index in [1.54, 1.807) is 24.3 Å². The molecular weight excluding hydrogens is 304 g/mol. The highest BCUT2D eigenvalue weighted by molar-refractivity contribution is 6.31. The van der Waals surface area contributed by atoms with E-state index in [1.165, 1.54) is 0 Å². The molecule has 2 nitrogen and oxygen atoms in total. The summed E-state index contributed by atoms with van der Waals surface area (Å²) in [4.78, 5) is 0. The van der Waals surface area contributed by atoms with Gasteiger partial charge in [-0.05, 0) is 58.7 Å². The molecule has 107 valence electrons. The lowest BCUT2D eigenvalue weighted by Gasteiger charge is -2.07. The highest BCUT2D eigenvalue weighted by Gasteiger charge is 2.06. The standard InChI is InChI=1S/C20H10ClN2/c21-20-10-18(16-5-1-14(12-22)2-6-16)9-19(11-20)17-7-3-15(13-23)4-8-17/h1-10H. The summed E-state index contributed by atoms with van der Waals surface area (Å²) in [5, 5.41) is 18.3. The predicted molar refractivity (Wildman–Crippen MR) is 90.6 cm³/mol. The van der Waals surface area contributed by atoms with Crippen LogP contribution in [0.1, 0.15) is 11.1 Å². The van der Waals surface area contributed by atoms with Gasteiger partial charge in [0.2, 0.25) is 0 Å². The number of rotatable bonds is 2. The molecule has 3 aromatic rings. The van der Waals surface area contributed by atoms with E-state index in [0.29, 0.717) is 16.1 Å². The van der Waals surface area contributed by atoms with E-state index in [2.05, 4.69) is 18.2 Å². The number of hydrogen-bond donors (Lipinski definition) is 0. The maximum atomic E-state index is 8.88. The normalized spacial score (nSPS) is 9.87. The molecule has 0 aromatic heterocycles. The molecule has 3 rings (SSSR count). The first-order chi connectivity index (χ1) is 11.2. The van der Waals surface area contributed by atoms with Gasteiger partial charge in [0.05, 0.1) is 23.3 Å². The number of benzene rings is 3. The van der Waals surface area contributed by atoms with E-state index in [4.69, 9.17) is 22.1 Å². The van der Waals surface area contributed by atoms with E-state index >= 15 is 0 Å². The number of nitriles is 2. The first-order valence-electron chi connectivity index (χ1n) is 6.93. The third kappa shape index (κ3) is 3.24. The third-order valence-electron chi connectivity index (χ3n) is 3.51. The van der Waals surface area contributed by atoms with E-state index in [1.807, 2.05) is 36.4 Å². The van der Waals surface area contributed by atoms with Crippen LogP contribution < -0.4 is 0 Å². The molecule has 0 aliphatic carbocycles. The molecule has 23 heavy (non-hydrogen) atoms. The highest BCUT2D eigenvalue weighted by Crippen LogP contribution is 2.30. The van der Waals surface area contributed by atoms with Crippen LogP contribution >= 0.6 is 11.6 Å². The van der Waals surface area contributed by atoms with Crippen LogP contribution in [0.3, 0.4) is 0 Å². The summed E-state index contributed by atoms with van der Waals surface area (Å²) in [5.41, 5.74) is 4.98. The van der Waals surface area contributed by atoms with Crippen molar-refractivity contribution in [3.63, 3.8) is 0 Å². The Labute approximate surface area is 139 Å². The van der Waals surface area contributed by atoms with Gasteiger partial charge >= 0.3 is 0 Å². The van der Waals surface area contributed by atoms with Gasteiger partial charge in [0.15, 0.2) is 0 Å². The van der Waals surface area contributed by atoms with Gasteiger partial charge in [-0.1, -0.05) is 35.9 Å². The average Bonchev–Trinajstić information content (AvgIpc) is 2.61. The van der Waals surface area contributed by atoms with Crippen molar-refractivity contribution < 1.29 is 0 Å². The van der Waals surface area contributed by atoms with Crippen molar-refractivity contribution in [2.24, 2.45) is 0 Å². The quantitative estimate of drug-likeness (QED) is 0.651. The van der Waals surface area contributed by atoms with Crippen LogP contribution in [-0.4, -0.2) is 0 Å². The summed E-state index contributed by atoms with van der Waals surface area (Å²) in [6.45, 7) is 0. The second kappa shape index (κ2) is 6.36. The van der Waals surface area contributed by atoms with Gasteiger partial charge in [0, 0.05) is 11.1 Å². The van der Waals surface area contributed by atoms with Crippen LogP contribution in [0.2, 0.25) is 5.02 Å². The predicted octanol–water partition coefficient (Wildman–Crippen LogP) is 5.22. The van der Waals surface area contributed by atoms with Gasteiger partial charge in [0.25, 0.3) is 0 Å². The zero-order valence-electron chi connectivity index (χ0n) is 12.0. The lowest BCUT2D eigenvalue weighted by molar-refractivity contribution is 1.48. The van der Waals surface area contributed by atoms with Crippen LogP contribution in [-0.2, 0) is 0 Å². The maximum Gasteiger partial charge on any atom is 0.0991 e. The van der Waals surface area contributed by atoms with Crippen molar-refractivity contribution in [2.45, 2.75) is 0 Å². The minimum atomic E-state index is 0.520. The summed E-state index contributed by atoms with van der Waals surface area (Å²) in [6.07, 6.45) is 0. The third-order valence-corrected chi connectivity index (χ3v) is 3.71. The molecule has 0 saturated carbocycles. The smallest absolute Gasteiger partial charge is 0.0991 e. The molecule has 3 heteroatoms. The molecule has 0 unspecified atom stereocenters. The number of nitrogens with zero attached hydrogens (tertiary/aromatic N) is 2. The monoisotopic (exact) mass is 313 g/mol. The van der Waals surface area contributed by atoms with Crippen molar-refractivity contribution in [1.82, 2.24) is 0 Å². The topological polar surface area (TPSA) is 47.6 Å². The van der Waals surface area contributed by atoms with Gasteiger partial charge in [0.1, 0.15) is 0 Å². The molecule has 0 amide bonds. The average molecular weight is 314 g/mol. The molecule has 0 aliphatic rings. The fourth-order valence-corrected chi connectivity index (χ4v) is 2.54. The largest absolute Gasteiger partial charge is 0.192 e. The Kier molecular flexibility index (Phi) is 4.11. The van der Waals surface area contributed by atoms with Crippen molar-refractivity contribution >= 4 is 11.6 Å². The van der Waals surface area contributed by atoms with Gasteiger partial charge in [-0.2, -0.15) is 10.5 Å². The molecule has 1 radical (unpaired) electrons. The minimum absolute atomic E-state index is 0.520. The van der Waals surface area contributed by atoms with Crippen LogP contribution in [0, 0.1) is 28.7 Å². The zero-order valence-corrected chi connectivity index (χ0v) is 12.8.